The van der Waals surface area contributed by atoms with E-state index in [1.807, 2.05) is 37.4 Å². The minimum atomic E-state index is -0.0107. The SMILES string of the molecule is CN1Cc2c(Cl)cc(Cl)cc2[C@@H](c2ccccc2-n2c(O)ccc2O)C1. The van der Waals surface area contributed by atoms with Crippen LogP contribution in [-0.2, 0) is 6.54 Å². The number of hydrogen-bond acceptors (Lipinski definition) is 3. The van der Waals surface area contributed by atoms with E-state index >= 15 is 0 Å². The summed E-state index contributed by atoms with van der Waals surface area (Å²) in [6.45, 7) is 1.54. The number of halogens is 2. The van der Waals surface area contributed by atoms with Crippen LogP contribution in [0.15, 0.2) is 48.5 Å². The molecule has 4 nitrogen and oxygen atoms in total. The van der Waals surface area contributed by atoms with E-state index in [-0.39, 0.29) is 17.7 Å². The second kappa shape index (κ2) is 6.54. The van der Waals surface area contributed by atoms with Gasteiger partial charge in [-0.3, -0.25) is 4.57 Å². The summed E-state index contributed by atoms with van der Waals surface area (Å²) in [6, 6.07) is 14.4. The van der Waals surface area contributed by atoms with Crippen molar-refractivity contribution in [2.24, 2.45) is 0 Å². The molecular weight excluding hydrogens is 371 g/mol. The number of rotatable bonds is 2. The van der Waals surface area contributed by atoms with Gasteiger partial charge in [-0.25, -0.2) is 0 Å². The number of fused-ring (bicyclic) bond motifs is 1. The van der Waals surface area contributed by atoms with Gasteiger partial charge < -0.3 is 15.1 Å². The molecule has 1 aromatic heterocycles. The molecule has 2 N–H and O–H groups in total. The first-order chi connectivity index (χ1) is 12.5. The zero-order chi connectivity index (χ0) is 18.4. The molecule has 0 fully saturated rings. The average Bonchev–Trinajstić information content (AvgIpc) is 2.93. The average molecular weight is 389 g/mol. The lowest BCUT2D eigenvalue weighted by atomic mass is 9.84. The zero-order valence-corrected chi connectivity index (χ0v) is 15.7. The third-order valence-corrected chi connectivity index (χ3v) is 5.44. The summed E-state index contributed by atoms with van der Waals surface area (Å²) >= 11 is 12.7. The summed E-state index contributed by atoms with van der Waals surface area (Å²) in [7, 11) is 2.05. The van der Waals surface area contributed by atoms with Crippen LogP contribution in [0.4, 0.5) is 0 Å². The molecule has 26 heavy (non-hydrogen) atoms. The highest BCUT2D eigenvalue weighted by atomic mass is 35.5. The zero-order valence-electron chi connectivity index (χ0n) is 14.2. The van der Waals surface area contributed by atoms with E-state index in [0.717, 1.165) is 35.5 Å². The summed E-state index contributed by atoms with van der Waals surface area (Å²) in [5.74, 6) is -0.00993. The fraction of sp³-hybridized carbons (Fsp3) is 0.200. The van der Waals surface area contributed by atoms with Crippen LogP contribution in [0.3, 0.4) is 0 Å². The van der Waals surface area contributed by atoms with Crippen LogP contribution in [0.2, 0.25) is 10.0 Å². The van der Waals surface area contributed by atoms with E-state index in [4.69, 9.17) is 23.2 Å². The van der Waals surface area contributed by atoms with Crippen molar-refractivity contribution in [1.82, 2.24) is 9.47 Å². The van der Waals surface area contributed by atoms with Gasteiger partial charge in [0.15, 0.2) is 11.8 Å². The Kier molecular flexibility index (Phi) is 4.35. The number of benzene rings is 2. The first-order valence-electron chi connectivity index (χ1n) is 8.31. The van der Waals surface area contributed by atoms with Gasteiger partial charge in [0.2, 0.25) is 0 Å². The van der Waals surface area contributed by atoms with E-state index in [1.54, 1.807) is 6.07 Å². The molecule has 1 atom stereocenters. The maximum absolute atomic E-state index is 10.2. The maximum atomic E-state index is 10.2. The van der Waals surface area contributed by atoms with Crippen LogP contribution in [-0.4, -0.2) is 33.3 Å². The lowest BCUT2D eigenvalue weighted by molar-refractivity contribution is 0.295. The van der Waals surface area contributed by atoms with Crippen LogP contribution >= 0.6 is 23.2 Å². The number of nitrogens with zero attached hydrogens (tertiary/aromatic N) is 2. The lowest BCUT2D eigenvalue weighted by Crippen LogP contribution is -2.31. The van der Waals surface area contributed by atoms with Crippen molar-refractivity contribution in [3.8, 4) is 17.4 Å². The number of likely N-dealkylation sites (N-methyl/N-ethyl adjacent to an activating group) is 1. The van der Waals surface area contributed by atoms with Gasteiger partial charge >= 0.3 is 0 Å². The van der Waals surface area contributed by atoms with Crippen molar-refractivity contribution in [3.63, 3.8) is 0 Å². The van der Waals surface area contributed by atoms with Gasteiger partial charge in [-0.05, 0) is 41.9 Å². The Morgan fingerprint density at radius 1 is 0.962 bits per heavy atom. The minimum absolute atomic E-state index is 0.0107. The highest BCUT2D eigenvalue weighted by Gasteiger charge is 2.29. The molecular formula is C20H18Cl2N2O2. The fourth-order valence-electron chi connectivity index (χ4n) is 3.76. The molecule has 0 aliphatic carbocycles. The Bertz CT molecular complexity index is 964. The Balaban J connectivity index is 1.93. The van der Waals surface area contributed by atoms with Gasteiger partial charge in [-0.2, -0.15) is 0 Å². The van der Waals surface area contributed by atoms with Crippen LogP contribution in [0.1, 0.15) is 22.6 Å². The Hall–Kier alpha value is -2.14. The van der Waals surface area contributed by atoms with Crippen LogP contribution < -0.4 is 0 Å². The summed E-state index contributed by atoms with van der Waals surface area (Å²) in [4.78, 5) is 2.21. The largest absolute Gasteiger partial charge is 0.494 e. The monoisotopic (exact) mass is 388 g/mol. The molecule has 0 saturated heterocycles. The molecule has 0 spiro atoms. The van der Waals surface area contributed by atoms with E-state index in [0.29, 0.717) is 10.0 Å². The number of para-hydroxylation sites is 1. The van der Waals surface area contributed by atoms with Gasteiger partial charge in [-0.1, -0.05) is 41.4 Å². The number of hydrogen-bond donors (Lipinski definition) is 2. The standard InChI is InChI=1S/C20H18Cl2N2O2/c1-23-10-15(14-8-12(21)9-17(22)16(14)11-23)13-4-2-3-5-18(13)24-19(25)6-7-20(24)26/h2-9,15,25-26H,10-11H2,1H3/t15-/m1/s1. The normalized spacial score (nSPS) is 17.3. The van der Waals surface area contributed by atoms with Crippen LogP contribution in [0, 0.1) is 0 Å². The first-order valence-corrected chi connectivity index (χ1v) is 9.06. The van der Waals surface area contributed by atoms with Gasteiger partial charge in [0, 0.05) is 41.2 Å². The van der Waals surface area contributed by atoms with Gasteiger partial charge in [-0.15, -0.1) is 0 Å². The molecule has 3 aromatic rings. The molecule has 0 saturated carbocycles. The Morgan fingerprint density at radius 3 is 2.38 bits per heavy atom. The van der Waals surface area contributed by atoms with Crippen LogP contribution in [0.5, 0.6) is 11.8 Å². The summed E-state index contributed by atoms with van der Waals surface area (Å²) in [6.07, 6.45) is 0. The topological polar surface area (TPSA) is 48.6 Å². The minimum Gasteiger partial charge on any atom is -0.494 e. The molecule has 134 valence electrons. The molecule has 1 aliphatic rings. The van der Waals surface area contributed by atoms with Crippen LogP contribution in [0.25, 0.3) is 5.69 Å². The predicted octanol–water partition coefficient (Wildman–Crippen LogP) is 4.77. The van der Waals surface area contributed by atoms with E-state index in [9.17, 15) is 10.2 Å². The molecule has 0 unspecified atom stereocenters. The Labute approximate surface area is 161 Å². The van der Waals surface area contributed by atoms with Gasteiger partial charge in [0.25, 0.3) is 0 Å². The molecule has 6 heteroatoms. The van der Waals surface area contributed by atoms with Crippen molar-refractivity contribution in [3.05, 3.63) is 75.3 Å². The third-order valence-electron chi connectivity index (χ3n) is 4.89. The highest BCUT2D eigenvalue weighted by molar-refractivity contribution is 6.35. The van der Waals surface area contributed by atoms with Crippen molar-refractivity contribution < 1.29 is 10.2 Å². The molecule has 4 rings (SSSR count). The number of aromatic hydroxyl groups is 2. The summed E-state index contributed by atoms with van der Waals surface area (Å²) in [5.41, 5.74) is 3.86. The summed E-state index contributed by atoms with van der Waals surface area (Å²) < 4.78 is 1.44. The molecule has 1 aliphatic heterocycles. The smallest absolute Gasteiger partial charge is 0.198 e. The predicted molar refractivity (Wildman–Crippen MR) is 104 cm³/mol. The molecule has 0 bridgehead atoms. The van der Waals surface area contributed by atoms with Crippen molar-refractivity contribution in [2.45, 2.75) is 12.5 Å². The lowest BCUT2D eigenvalue weighted by Gasteiger charge is -2.34. The maximum Gasteiger partial charge on any atom is 0.198 e. The van der Waals surface area contributed by atoms with Crippen molar-refractivity contribution >= 4 is 23.2 Å². The molecule has 0 radical (unpaired) electrons. The van der Waals surface area contributed by atoms with Crippen molar-refractivity contribution in [1.29, 1.82) is 0 Å². The quantitative estimate of drug-likeness (QED) is 0.664. The van der Waals surface area contributed by atoms with E-state index < -0.39 is 0 Å². The van der Waals surface area contributed by atoms with Crippen molar-refractivity contribution in [2.75, 3.05) is 13.6 Å². The first kappa shape index (κ1) is 17.3. The highest BCUT2D eigenvalue weighted by Crippen LogP contribution is 2.41. The summed E-state index contributed by atoms with van der Waals surface area (Å²) in [5, 5.41) is 21.7. The molecule has 0 amide bonds. The third kappa shape index (κ3) is 2.84. The second-order valence-corrected chi connectivity index (χ2v) is 7.49. The fourth-order valence-corrected chi connectivity index (χ4v) is 4.33. The molecule has 2 heterocycles. The van der Waals surface area contributed by atoms with E-state index in [1.165, 1.54) is 16.7 Å². The molecule has 2 aromatic carbocycles. The Morgan fingerprint density at radius 2 is 1.65 bits per heavy atom. The van der Waals surface area contributed by atoms with E-state index in [2.05, 4.69) is 4.90 Å². The second-order valence-electron chi connectivity index (χ2n) is 6.65. The van der Waals surface area contributed by atoms with Gasteiger partial charge in [0.1, 0.15) is 0 Å². The number of aromatic nitrogens is 1. The van der Waals surface area contributed by atoms with Gasteiger partial charge in [0.05, 0.1) is 5.69 Å².